The van der Waals surface area contributed by atoms with Gasteiger partial charge >= 0.3 is 21.7 Å². The summed E-state index contributed by atoms with van der Waals surface area (Å²) in [6.45, 7) is 0. The molecule has 0 spiro atoms. The molecule has 1 rings (SSSR count). The molecular formula is C6H4O4Ti. The fraction of sp³-hybridized carbons (Fsp3) is 0. The zero-order valence-corrected chi connectivity index (χ0v) is 7.00. The molecular weight excluding hydrogens is 184 g/mol. The van der Waals surface area contributed by atoms with Gasteiger partial charge in [-0.15, -0.1) is 0 Å². The van der Waals surface area contributed by atoms with E-state index in [0.29, 0.717) is 0 Å². The van der Waals surface area contributed by atoms with Crippen LogP contribution in [0.2, 0.25) is 0 Å². The van der Waals surface area contributed by atoms with Gasteiger partial charge in [-0.05, 0) is 24.3 Å². The normalized spacial score (nSPS) is 12.7. The third-order valence-electron chi connectivity index (χ3n) is 0.824. The van der Waals surface area contributed by atoms with Crippen LogP contribution in [0.5, 0.6) is 0 Å². The van der Waals surface area contributed by atoms with Crippen molar-refractivity contribution in [2.45, 2.75) is 0 Å². The molecule has 0 N–H and O–H groups in total. The third kappa shape index (κ3) is 5.88. The van der Waals surface area contributed by atoms with Gasteiger partial charge in [0.05, 0.1) is 0 Å². The van der Waals surface area contributed by atoms with Gasteiger partial charge in [0.25, 0.3) is 0 Å². The number of hydrogen-bond acceptors (Lipinski definition) is 2. The van der Waals surface area contributed by atoms with Crippen LogP contribution in [0.3, 0.4) is 0 Å². The first-order valence-corrected chi connectivity index (χ1v) is 2.23. The van der Waals surface area contributed by atoms with Crippen molar-refractivity contribution < 1.29 is 42.3 Å². The van der Waals surface area contributed by atoms with Crippen molar-refractivity contribution in [3.63, 3.8) is 0 Å². The summed E-state index contributed by atoms with van der Waals surface area (Å²) >= 11 is 0. The van der Waals surface area contributed by atoms with Crippen LogP contribution >= 0.6 is 0 Å². The summed E-state index contributed by atoms with van der Waals surface area (Å²) in [4.78, 5) is 20.6. The summed E-state index contributed by atoms with van der Waals surface area (Å²) in [5, 5.41) is 0. The number of allylic oxidation sites excluding steroid dienone is 4. The van der Waals surface area contributed by atoms with Crippen LogP contribution < -0.4 is 0 Å². The molecule has 0 aromatic rings. The molecule has 4 nitrogen and oxygen atoms in total. The van der Waals surface area contributed by atoms with E-state index in [4.69, 9.17) is 0 Å². The van der Waals surface area contributed by atoms with E-state index in [1.807, 2.05) is 0 Å². The van der Waals surface area contributed by atoms with Gasteiger partial charge in [-0.25, -0.2) is 0 Å². The fourth-order valence-corrected chi connectivity index (χ4v) is 0.440. The van der Waals surface area contributed by atoms with E-state index in [2.05, 4.69) is 0 Å². The molecule has 0 aromatic heterocycles. The van der Waals surface area contributed by atoms with Crippen molar-refractivity contribution in [1.29, 1.82) is 0 Å². The molecule has 0 heterocycles. The monoisotopic (exact) mass is 188 g/mol. The molecule has 0 fully saturated rings. The Morgan fingerprint density at radius 3 is 1.09 bits per heavy atom. The van der Waals surface area contributed by atoms with Crippen LogP contribution in [0.4, 0.5) is 0 Å². The number of carbonyl (C=O) groups excluding carboxylic acids is 2. The number of rotatable bonds is 0. The van der Waals surface area contributed by atoms with Gasteiger partial charge in [0.15, 0.2) is 11.6 Å². The molecule has 0 saturated heterocycles. The maximum atomic E-state index is 10.3. The average Bonchev–Trinajstić information content (AvgIpc) is 1.77. The summed E-state index contributed by atoms with van der Waals surface area (Å²) in [5.41, 5.74) is 0. The Balaban J connectivity index is -0.000000213. The van der Waals surface area contributed by atoms with E-state index in [1.54, 1.807) is 0 Å². The topological polar surface area (TPSA) is 91.1 Å². The fourth-order valence-electron chi connectivity index (χ4n) is 0.440. The van der Waals surface area contributed by atoms with Crippen molar-refractivity contribution in [2.75, 3.05) is 0 Å². The van der Waals surface area contributed by atoms with E-state index in [9.17, 15) is 9.59 Å². The Kier molecular flexibility index (Phi) is 11.6. The minimum Gasteiger partial charge on any atom is -2.00 e. The summed E-state index contributed by atoms with van der Waals surface area (Å²) in [7, 11) is 0. The first kappa shape index (κ1) is 16.8. The minimum absolute atomic E-state index is 0. The molecule has 0 aliphatic heterocycles. The van der Waals surface area contributed by atoms with Crippen LogP contribution in [0.1, 0.15) is 0 Å². The van der Waals surface area contributed by atoms with E-state index in [1.165, 1.54) is 24.3 Å². The Labute approximate surface area is 78.5 Å². The van der Waals surface area contributed by atoms with E-state index >= 15 is 0 Å². The molecule has 1 aliphatic rings. The second-order valence-electron chi connectivity index (χ2n) is 1.47. The van der Waals surface area contributed by atoms with Crippen LogP contribution in [-0.2, 0) is 42.3 Å². The Morgan fingerprint density at radius 1 is 0.727 bits per heavy atom. The summed E-state index contributed by atoms with van der Waals surface area (Å²) < 4.78 is 0. The molecule has 0 amide bonds. The number of hydrogen-bond donors (Lipinski definition) is 0. The van der Waals surface area contributed by atoms with Gasteiger partial charge in [0, 0.05) is 0 Å². The van der Waals surface area contributed by atoms with Gasteiger partial charge in [-0.3, -0.25) is 9.59 Å². The van der Waals surface area contributed by atoms with Crippen LogP contribution in [-0.4, -0.2) is 11.6 Å². The number of carbonyl (C=O) groups is 2. The maximum absolute atomic E-state index is 10.3. The molecule has 0 radical (unpaired) electrons. The molecule has 0 unspecified atom stereocenters. The summed E-state index contributed by atoms with van der Waals surface area (Å²) in [6.07, 6.45) is 5.01. The Bertz CT molecular complexity index is 157. The molecule has 1 aliphatic carbocycles. The van der Waals surface area contributed by atoms with E-state index in [0.717, 1.165) is 0 Å². The molecule has 0 atom stereocenters. The van der Waals surface area contributed by atoms with Crippen molar-refractivity contribution in [3.8, 4) is 0 Å². The standard InChI is InChI=1S/C6H4O2.2O.Ti/c7-5-1-2-6(8)4-3-5;;;/h1-4H;;;/q;2*-2;+4. The van der Waals surface area contributed by atoms with E-state index < -0.39 is 0 Å². The second kappa shape index (κ2) is 7.56. The predicted octanol–water partition coefficient (Wildman–Crippen LogP) is 0.0105. The molecule has 11 heavy (non-hydrogen) atoms. The largest absolute Gasteiger partial charge is 4.00 e. The molecule has 56 valence electrons. The van der Waals surface area contributed by atoms with Crippen molar-refractivity contribution in [3.05, 3.63) is 24.3 Å². The zero-order chi connectivity index (χ0) is 5.98. The maximum Gasteiger partial charge on any atom is 4.00 e. The van der Waals surface area contributed by atoms with Gasteiger partial charge in [-0.1, -0.05) is 0 Å². The summed E-state index contributed by atoms with van der Waals surface area (Å²) in [6, 6.07) is 0. The van der Waals surface area contributed by atoms with Gasteiger partial charge in [0.2, 0.25) is 0 Å². The zero-order valence-electron chi connectivity index (χ0n) is 5.44. The molecule has 0 saturated carbocycles. The number of ketones is 2. The van der Waals surface area contributed by atoms with Crippen molar-refractivity contribution >= 4 is 11.6 Å². The smallest absolute Gasteiger partial charge is 2.00 e. The SMILES string of the molecule is O=C1C=CC(=O)C=C1.[O-2].[O-2].[Ti+4]. The van der Waals surface area contributed by atoms with Gasteiger partial charge in [-0.2, -0.15) is 0 Å². The predicted molar refractivity (Wildman–Crippen MR) is 29.7 cm³/mol. The second-order valence-corrected chi connectivity index (χ2v) is 1.47. The van der Waals surface area contributed by atoms with Gasteiger partial charge in [0.1, 0.15) is 0 Å². The first-order chi connectivity index (χ1) is 3.79. The molecule has 0 aromatic carbocycles. The van der Waals surface area contributed by atoms with Crippen LogP contribution in [0, 0.1) is 0 Å². The average molecular weight is 188 g/mol. The minimum atomic E-state index is -0.121. The molecule has 5 heteroatoms. The first-order valence-electron chi connectivity index (χ1n) is 2.23. The quantitative estimate of drug-likeness (QED) is 0.395. The third-order valence-corrected chi connectivity index (χ3v) is 0.824. The van der Waals surface area contributed by atoms with Crippen LogP contribution in [0.15, 0.2) is 24.3 Å². The van der Waals surface area contributed by atoms with Crippen LogP contribution in [0.25, 0.3) is 0 Å². The van der Waals surface area contributed by atoms with E-state index in [-0.39, 0.29) is 44.2 Å². The summed E-state index contributed by atoms with van der Waals surface area (Å²) in [5.74, 6) is -0.241. The molecule has 0 bridgehead atoms. The van der Waals surface area contributed by atoms with Crippen molar-refractivity contribution in [1.82, 2.24) is 0 Å². The van der Waals surface area contributed by atoms with Crippen molar-refractivity contribution in [2.24, 2.45) is 0 Å². The Morgan fingerprint density at radius 2 is 0.909 bits per heavy atom. The van der Waals surface area contributed by atoms with Gasteiger partial charge < -0.3 is 11.0 Å². The Hall–Kier alpha value is -0.546.